The van der Waals surface area contributed by atoms with Crippen molar-refractivity contribution >= 4 is 0 Å². The number of ether oxygens (including phenoxy) is 1. The Morgan fingerprint density at radius 2 is 2.00 bits per heavy atom. The summed E-state index contributed by atoms with van der Waals surface area (Å²) < 4.78 is 4.99. The molecule has 1 aromatic rings. The summed E-state index contributed by atoms with van der Waals surface area (Å²) >= 11 is 0. The van der Waals surface area contributed by atoms with Crippen molar-refractivity contribution in [2.75, 3.05) is 7.11 Å². The first-order valence-electron chi connectivity index (χ1n) is 5.67. The fraction of sp³-hybridized carbons (Fsp3) is 0.538. The molecule has 90 valence electrons. The molecule has 0 heterocycles. The van der Waals surface area contributed by atoms with Gasteiger partial charge in [0, 0.05) is 6.04 Å². The van der Waals surface area contributed by atoms with Crippen LogP contribution in [-0.2, 0) is 0 Å². The van der Waals surface area contributed by atoms with Gasteiger partial charge in [-0.1, -0.05) is 19.9 Å². The zero-order chi connectivity index (χ0) is 12.1. The van der Waals surface area contributed by atoms with E-state index >= 15 is 0 Å². The maximum atomic E-state index is 9.64. The molecular formula is C13H21NO2. The first-order valence-corrected chi connectivity index (χ1v) is 5.67. The Morgan fingerprint density at radius 1 is 1.31 bits per heavy atom. The number of benzene rings is 1. The van der Waals surface area contributed by atoms with E-state index in [1.54, 1.807) is 12.1 Å². The minimum absolute atomic E-state index is 0.0146. The largest absolute Gasteiger partial charge is 0.504 e. The number of phenolic OH excluding ortho intramolecular Hbond substituents is 1. The van der Waals surface area contributed by atoms with Gasteiger partial charge in [-0.2, -0.15) is 0 Å². The lowest BCUT2D eigenvalue weighted by molar-refractivity contribution is 0.372. The summed E-state index contributed by atoms with van der Waals surface area (Å²) in [6.07, 6.45) is 2.03. The van der Waals surface area contributed by atoms with Crippen LogP contribution >= 0.6 is 0 Å². The highest BCUT2D eigenvalue weighted by Gasteiger charge is 2.10. The molecule has 0 saturated heterocycles. The fourth-order valence-electron chi connectivity index (χ4n) is 1.62. The number of phenols is 1. The normalized spacial score (nSPS) is 12.8. The highest BCUT2D eigenvalue weighted by atomic mass is 16.5. The van der Waals surface area contributed by atoms with Gasteiger partial charge in [0.1, 0.15) is 0 Å². The number of hydrogen-bond donors (Lipinski definition) is 2. The topological polar surface area (TPSA) is 55.5 Å². The molecule has 0 unspecified atom stereocenters. The quantitative estimate of drug-likeness (QED) is 0.807. The Balaban J connectivity index is 2.69. The van der Waals surface area contributed by atoms with Crippen molar-refractivity contribution in [3.05, 3.63) is 23.8 Å². The summed E-state index contributed by atoms with van der Waals surface area (Å²) in [5.41, 5.74) is 7.01. The van der Waals surface area contributed by atoms with Crippen LogP contribution < -0.4 is 10.5 Å². The van der Waals surface area contributed by atoms with Crippen LogP contribution in [-0.4, -0.2) is 12.2 Å². The molecule has 0 spiro atoms. The maximum Gasteiger partial charge on any atom is 0.160 e. The first kappa shape index (κ1) is 12.8. The standard InChI is InChI=1S/C13H21NO2/c1-9(2)4-6-11(14)10-5-7-13(16-3)12(15)8-10/h5,7-9,11,15H,4,6,14H2,1-3H3/t11-/m0/s1. The Kier molecular flexibility index (Phi) is 4.62. The van der Waals surface area contributed by atoms with Crippen molar-refractivity contribution in [3.63, 3.8) is 0 Å². The third-order valence-corrected chi connectivity index (χ3v) is 2.69. The molecule has 0 aromatic heterocycles. The molecule has 1 atom stereocenters. The van der Waals surface area contributed by atoms with E-state index in [-0.39, 0.29) is 11.8 Å². The monoisotopic (exact) mass is 223 g/mol. The lowest BCUT2D eigenvalue weighted by Crippen LogP contribution is -2.11. The molecule has 1 aromatic carbocycles. The fourth-order valence-corrected chi connectivity index (χ4v) is 1.62. The van der Waals surface area contributed by atoms with Crippen LogP contribution in [0, 0.1) is 5.92 Å². The smallest absolute Gasteiger partial charge is 0.160 e. The average molecular weight is 223 g/mol. The molecule has 0 aliphatic rings. The molecule has 0 bridgehead atoms. The number of methoxy groups -OCH3 is 1. The van der Waals surface area contributed by atoms with Crippen LogP contribution in [0.25, 0.3) is 0 Å². The molecule has 0 fully saturated rings. The summed E-state index contributed by atoms with van der Waals surface area (Å²) in [4.78, 5) is 0. The molecular weight excluding hydrogens is 202 g/mol. The van der Waals surface area contributed by atoms with Crippen LogP contribution in [0.2, 0.25) is 0 Å². The van der Waals surface area contributed by atoms with Gasteiger partial charge in [0.25, 0.3) is 0 Å². The van der Waals surface area contributed by atoms with E-state index < -0.39 is 0 Å². The van der Waals surface area contributed by atoms with Gasteiger partial charge in [0.05, 0.1) is 7.11 Å². The van der Waals surface area contributed by atoms with Gasteiger partial charge in [-0.05, 0) is 36.5 Å². The molecule has 0 saturated carbocycles. The minimum atomic E-state index is -0.0146. The van der Waals surface area contributed by atoms with E-state index in [0.29, 0.717) is 11.7 Å². The molecule has 16 heavy (non-hydrogen) atoms. The van der Waals surface area contributed by atoms with Crippen LogP contribution in [0.5, 0.6) is 11.5 Å². The van der Waals surface area contributed by atoms with Crippen molar-refractivity contribution in [1.82, 2.24) is 0 Å². The highest BCUT2D eigenvalue weighted by Crippen LogP contribution is 2.29. The number of nitrogens with two attached hydrogens (primary N) is 1. The van der Waals surface area contributed by atoms with Crippen LogP contribution in [0.15, 0.2) is 18.2 Å². The van der Waals surface area contributed by atoms with E-state index in [4.69, 9.17) is 10.5 Å². The van der Waals surface area contributed by atoms with E-state index in [0.717, 1.165) is 18.4 Å². The first-order chi connectivity index (χ1) is 7.54. The molecule has 1 rings (SSSR count). The van der Waals surface area contributed by atoms with Gasteiger partial charge in [-0.3, -0.25) is 0 Å². The van der Waals surface area contributed by atoms with E-state index in [2.05, 4.69) is 13.8 Å². The SMILES string of the molecule is COc1ccc([C@@H](N)CCC(C)C)cc1O. The van der Waals surface area contributed by atoms with Crippen LogP contribution in [0.4, 0.5) is 0 Å². The van der Waals surface area contributed by atoms with Crippen molar-refractivity contribution in [2.45, 2.75) is 32.7 Å². The second-order valence-corrected chi connectivity index (χ2v) is 4.51. The summed E-state index contributed by atoms with van der Waals surface area (Å²) in [6.45, 7) is 4.36. The molecule has 0 aliphatic heterocycles. The highest BCUT2D eigenvalue weighted by molar-refractivity contribution is 5.42. The van der Waals surface area contributed by atoms with Gasteiger partial charge in [0.2, 0.25) is 0 Å². The average Bonchev–Trinajstić information content (AvgIpc) is 2.25. The van der Waals surface area contributed by atoms with Gasteiger partial charge < -0.3 is 15.6 Å². The van der Waals surface area contributed by atoms with E-state index in [1.165, 1.54) is 7.11 Å². The Bertz CT molecular complexity index is 337. The third kappa shape index (κ3) is 3.42. The van der Waals surface area contributed by atoms with Crippen molar-refractivity contribution in [2.24, 2.45) is 11.7 Å². The number of aromatic hydroxyl groups is 1. The molecule has 3 N–H and O–H groups in total. The maximum absolute atomic E-state index is 9.64. The van der Waals surface area contributed by atoms with Crippen molar-refractivity contribution < 1.29 is 9.84 Å². The predicted molar refractivity (Wildman–Crippen MR) is 65.7 cm³/mol. The second kappa shape index (κ2) is 5.75. The molecule has 0 aliphatic carbocycles. The molecule has 0 radical (unpaired) electrons. The summed E-state index contributed by atoms with van der Waals surface area (Å²) in [5, 5.41) is 9.64. The number of hydrogen-bond acceptors (Lipinski definition) is 3. The Hall–Kier alpha value is -1.22. The molecule has 3 nitrogen and oxygen atoms in total. The van der Waals surface area contributed by atoms with Crippen molar-refractivity contribution in [1.29, 1.82) is 0 Å². The summed E-state index contributed by atoms with van der Waals surface area (Å²) in [6, 6.07) is 5.33. The zero-order valence-corrected chi connectivity index (χ0v) is 10.2. The summed E-state index contributed by atoms with van der Waals surface area (Å²) in [7, 11) is 1.54. The van der Waals surface area contributed by atoms with Gasteiger partial charge in [-0.25, -0.2) is 0 Å². The zero-order valence-electron chi connectivity index (χ0n) is 10.2. The van der Waals surface area contributed by atoms with E-state index in [9.17, 15) is 5.11 Å². The van der Waals surface area contributed by atoms with Crippen LogP contribution in [0.3, 0.4) is 0 Å². The third-order valence-electron chi connectivity index (χ3n) is 2.69. The van der Waals surface area contributed by atoms with Gasteiger partial charge >= 0.3 is 0 Å². The van der Waals surface area contributed by atoms with E-state index in [1.807, 2.05) is 6.07 Å². The second-order valence-electron chi connectivity index (χ2n) is 4.51. The minimum Gasteiger partial charge on any atom is -0.504 e. The summed E-state index contributed by atoms with van der Waals surface area (Å²) in [5.74, 6) is 1.29. The van der Waals surface area contributed by atoms with Gasteiger partial charge in [-0.15, -0.1) is 0 Å². The van der Waals surface area contributed by atoms with Gasteiger partial charge in [0.15, 0.2) is 11.5 Å². The van der Waals surface area contributed by atoms with Crippen LogP contribution in [0.1, 0.15) is 38.3 Å². The number of rotatable bonds is 5. The lowest BCUT2D eigenvalue weighted by Gasteiger charge is -2.14. The Labute approximate surface area is 97.2 Å². The Morgan fingerprint density at radius 3 is 2.50 bits per heavy atom. The predicted octanol–water partition coefficient (Wildman–Crippen LogP) is 2.84. The molecule has 3 heteroatoms. The lowest BCUT2D eigenvalue weighted by atomic mass is 9.98. The molecule has 0 amide bonds. The van der Waals surface area contributed by atoms with Crippen molar-refractivity contribution in [3.8, 4) is 11.5 Å².